The van der Waals surface area contributed by atoms with Crippen LogP contribution in [-0.4, -0.2) is 23.6 Å². The molecular weight excluding hydrogens is 168 g/mol. The van der Waals surface area contributed by atoms with Crippen molar-refractivity contribution in [1.82, 2.24) is 0 Å². The fourth-order valence-electron chi connectivity index (χ4n) is 1.21. The van der Waals surface area contributed by atoms with Crippen molar-refractivity contribution in [1.29, 1.82) is 0 Å². The van der Waals surface area contributed by atoms with Crippen molar-refractivity contribution >= 4 is 27.6 Å². The Hall–Kier alpha value is 0.170. The predicted molar refractivity (Wildman–Crippen MR) is 42.9 cm³/mol. The Morgan fingerprint density at radius 2 is 2.20 bits per heavy atom. The maximum Gasteiger partial charge on any atom is 0.310 e. The Bertz CT molecular complexity index is 160. The van der Waals surface area contributed by atoms with E-state index in [0.717, 1.165) is 17.9 Å². The first-order chi connectivity index (χ1) is 4.86. The monoisotopic (exact) mass is 176 g/mol. The number of hydrogen-bond donors (Lipinski definition) is 0. The van der Waals surface area contributed by atoms with E-state index in [1.807, 2.05) is 10.8 Å². The van der Waals surface area contributed by atoms with Crippen molar-refractivity contribution in [3.8, 4) is 0 Å². The Labute approximate surface area is 67.5 Å². The molecule has 0 radical (unpaired) electrons. The first-order valence-electron chi connectivity index (χ1n) is 3.31. The van der Waals surface area contributed by atoms with Crippen molar-refractivity contribution in [3.63, 3.8) is 0 Å². The minimum Gasteiger partial charge on any atom is -0.461 e. The van der Waals surface area contributed by atoms with Gasteiger partial charge in [0, 0.05) is 11.5 Å². The largest absolute Gasteiger partial charge is 0.461 e. The zero-order valence-corrected chi connectivity index (χ0v) is 7.04. The van der Waals surface area contributed by atoms with Gasteiger partial charge in [0.2, 0.25) is 0 Å². The molecule has 0 amide bonds. The van der Waals surface area contributed by atoms with Gasteiger partial charge in [-0.15, -0.1) is 0 Å². The van der Waals surface area contributed by atoms with E-state index >= 15 is 0 Å². The van der Waals surface area contributed by atoms with Crippen LogP contribution < -0.4 is 0 Å². The summed E-state index contributed by atoms with van der Waals surface area (Å²) in [5, 5.41) is 0. The molecular formula is C6H8O2S2. The van der Waals surface area contributed by atoms with Crippen LogP contribution in [0.5, 0.6) is 0 Å². The molecule has 2 aliphatic heterocycles. The van der Waals surface area contributed by atoms with E-state index in [2.05, 4.69) is 0 Å². The molecule has 0 spiro atoms. The lowest BCUT2D eigenvalue weighted by Crippen LogP contribution is -2.11. The minimum absolute atomic E-state index is 0.0257. The Morgan fingerprint density at radius 1 is 1.40 bits per heavy atom. The van der Waals surface area contributed by atoms with Gasteiger partial charge < -0.3 is 4.74 Å². The summed E-state index contributed by atoms with van der Waals surface area (Å²) in [5.74, 6) is 2.15. The first kappa shape index (κ1) is 6.85. The van der Waals surface area contributed by atoms with Gasteiger partial charge in [0.25, 0.3) is 0 Å². The Balaban J connectivity index is 2.09. The highest BCUT2D eigenvalue weighted by Crippen LogP contribution is 2.37. The van der Waals surface area contributed by atoms with Crippen molar-refractivity contribution in [2.24, 2.45) is 5.92 Å². The lowest BCUT2D eigenvalue weighted by molar-refractivity contribution is -0.143. The fourth-order valence-corrected chi connectivity index (χ4v) is 3.72. The van der Waals surface area contributed by atoms with Crippen LogP contribution in [0.3, 0.4) is 0 Å². The third-order valence-corrected chi connectivity index (χ3v) is 4.30. The van der Waals surface area contributed by atoms with E-state index in [9.17, 15) is 4.79 Å². The quantitative estimate of drug-likeness (QED) is 0.410. The molecule has 2 heterocycles. The van der Waals surface area contributed by atoms with E-state index < -0.39 is 0 Å². The van der Waals surface area contributed by atoms with E-state index in [1.165, 1.54) is 0 Å². The van der Waals surface area contributed by atoms with E-state index in [-0.39, 0.29) is 18.0 Å². The normalized spacial score (nSPS) is 39.0. The van der Waals surface area contributed by atoms with Crippen molar-refractivity contribution in [2.75, 3.05) is 11.5 Å². The Kier molecular flexibility index (Phi) is 1.82. The molecule has 2 nitrogen and oxygen atoms in total. The molecule has 2 unspecified atom stereocenters. The number of esters is 1. The summed E-state index contributed by atoms with van der Waals surface area (Å²) in [6.07, 6.45) is 1.18. The molecule has 2 fully saturated rings. The predicted octanol–water partition coefficient (Wildman–Crippen LogP) is 1.31. The fraction of sp³-hybridized carbons (Fsp3) is 0.833. The number of hydrogen-bond acceptors (Lipinski definition) is 4. The maximum atomic E-state index is 11.0. The molecule has 0 saturated carbocycles. The van der Waals surface area contributed by atoms with Gasteiger partial charge in [0.15, 0.2) is 0 Å². The second-order valence-electron chi connectivity index (χ2n) is 2.56. The molecule has 0 aliphatic carbocycles. The van der Waals surface area contributed by atoms with Gasteiger partial charge in [-0.3, -0.25) is 4.79 Å². The van der Waals surface area contributed by atoms with Crippen LogP contribution in [0.25, 0.3) is 0 Å². The highest BCUT2D eigenvalue weighted by molar-refractivity contribution is 8.76. The highest BCUT2D eigenvalue weighted by atomic mass is 33.1. The van der Waals surface area contributed by atoms with Crippen LogP contribution in [0.15, 0.2) is 0 Å². The molecule has 10 heavy (non-hydrogen) atoms. The molecule has 0 N–H and O–H groups in total. The van der Waals surface area contributed by atoms with Gasteiger partial charge in [0.1, 0.15) is 6.10 Å². The highest BCUT2D eigenvalue weighted by Gasteiger charge is 2.36. The number of ether oxygens (including phenoxy) is 1. The van der Waals surface area contributed by atoms with E-state index in [1.54, 1.807) is 10.8 Å². The second-order valence-corrected chi connectivity index (χ2v) is 5.11. The molecule has 2 saturated heterocycles. The van der Waals surface area contributed by atoms with Crippen LogP contribution in [0.4, 0.5) is 0 Å². The molecule has 56 valence electrons. The van der Waals surface area contributed by atoms with Crippen molar-refractivity contribution < 1.29 is 9.53 Å². The van der Waals surface area contributed by atoms with Crippen molar-refractivity contribution in [2.45, 2.75) is 12.5 Å². The van der Waals surface area contributed by atoms with Crippen LogP contribution in [0.2, 0.25) is 0 Å². The number of fused-ring (bicyclic) bond motifs is 2. The summed E-state index contributed by atoms with van der Waals surface area (Å²) in [6, 6.07) is 0. The number of carbonyl (C=O) groups is 1. The molecule has 2 bridgehead atoms. The van der Waals surface area contributed by atoms with E-state index in [4.69, 9.17) is 4.74 Å². The average Bonchev–Trinajstić information content (AvgIpc) is 2.18. The van der Waals surface area contributed by atoms with Gasteiger partial charge in [0.05, 0.1) is 5.92 Å². The van der Waals surface area contributed by atoms with Gasteiger partial charge in [-0.2, -0.15) is 0 Å². The van der Waals surface area contributed by atoms with Crippen LogP contribution in [0.1, 0.15) is 6.42 Å². The third kappa shape index (κ3) is 1.14. The SMILES string of the molecule is O=C1OC2CSSCC1C2. The molecule has 4 heteroatoms. The molecule has 2 rings (SSSR count). The van der Waals surface area contributed by atoms with Crippen LogP contribution in [0, 0.1) is 5.92 Å². The molecule has 0 aromatic heterocycles. The first-order valence-corrected chi connectivity index (χ1v) is 5.80. The van der Waals surface area contributed by atoms with Crippen LogP contribution in [-0.2, 0) is 9.53 Å². The third-order valence-electron chi connectivity index (χ3n) is 1.77. The molecule has 0 aromatic rings. The molecule has 2 aliphatic rings. The summed E-state index contributed by atoms with van der Waals surface area (Å²) in [6.45, 7) is 0. The smallest absolute Gasteiger partial charge is 0.310 e. The summed E-state index contributed by atoms with van der Waals surface area (Å²) in [4.78, 5) is 11.0. The number of carbonyl (C=O) groups excluding carboxylic acids is 1. The number of rotatable bonds is 0. The maximum absolute atomic E-state index is 11.0. The van der Waals surface area contributed by atoms with Crippen LogP contribution >= 0.6 is 21.6 Å². The summed E-state index contributed by atoms with van der Waals surface area (Å²) < 4.78 is 5.09. The zero-order chi connectivity index (χ0) is 6.97. The summed E-state index contributed by atoms with van der Waals surface area (Å²) >= 11 is 0. The minimum atomic E-state index is 0.0257. The molecule has 2 atom stereocenters. The topological polar surface area (TPSA) is 26.3 Å². The standard InChI is InChI=1S/C6H8O2S2/c7-6-4-1-5(8-6)3-10-9-2-4/h4-5H,1-3H2. The Morgan fingerprint density at radius 3 is 3.10 bits per heavy atom. The molecule has 0 aromatic carbocycles. The zero-order valence-electron chi connectivity index (χ0n) is 5.41. The van der Waals surface area contributed by atoms with Gasteiger partial charge in [-0.25, -0.2) is 0 Å². The lowest BCUT2D eigenvalue weighted by atomic mass is 10.1. The van der Waals surface area contributed by atoms with E-state index in [0.29, 0.717) is 0 Å². The van der Waals surface area contributed by atoms with Gasteiger partial charge in [-0.1, -0.05) is 21.6 Å². The average molecular weight is 176 g/mol. The van der Waals surface area contributed by atoms with Gasteiger partial charge >= 0.3 is 5.97 Å². The summed E-state index contributed by atoms with van der Waals surface area (Å²) in [5.41, 5.74) is 0. The van der Waals surface area contributed by atoms with Crippen molar-refractivity contribution in [3.05, 3.63) is 0 Å². The van der Waals surface area contributed by atoms with Gasteiger partial charge in [-0.05, 0) is 6.42 Å². The lowest BCUT2D eigenvalue weighted by Gasteiger charge is -2.07. The second kappa shape index (κ2) is 2.66. The summed E-state index contributed by atoms with van der Waals surface area (Å²) in [7, 11) is 3.62.